The normalized spacial score (nSPS) is 13.3. The summed E-state index contributed by atoms with van der Waals surface area (Å²) < 4.78 is 16.5. The number of rotatable bonds is 8. The van der Waals surface area contributed by atoms with Crippen LogP contribution < -0.4 is 10.1 Å². The fourth-order valence-electron chi connectivity index (χ4n) is 2.63. The number of hydrogen-bond donors (Lipinski definition) is 2. The molecule has 2 aromatic carbocycles. The first-order valence-corrected chi connectivity index (χ1v) is 10.2. The maximum atomic E-state index is 11.4. The standard InChI is InChI=1S/C19H24ClNO3S/c1-13(4-5-14-6-9-19(24-2)18(22)10-14)21-16-7-8-17(20)15(11-16)12-25(3)23/h6-11,13,21-22H,4-5,12H2,1-3H3/t13-,25+/m0/s1. The van der Waals surface area contributed by atoms with E-state index in [1.807, 2.05) is 24.3 Å². The minimum absolute atomic E-state index is 0.163. The van der Waals surface area contributed by atoms with Crippen LogP contribution in [0.1, 0.15) is 24.5 Å². The second-order valence-electron chi connectivity index (χ2n) is 6.11. The number of anilines is 1. The van der Waals surface area contributed by atoms with Crippen molar-refractivity contribution in [1.29, 1.82) is 0 Å². The molecule has 0 bridgehead atoms. The van der Waals surface area contributed by atoms with Gasteiger partial charge in [0.2, 0.25) is 0 Å². The minimum atomic E-state index is -0.927. The molecule has 0 fully saturated rings. The van der Waals surface area contributed by atoms with Gasteiger partial charge < -0.3 is 15.2 Å². The van der Waals surface area contributed by atoms with Gasteiger partial charge in [-0.1, -0.05) is 17.7 Å². The molecule has 0 heterocycles. The fraction of sp³-hybridized carbons (Fsp3) is 0.368. The van der Waals surface area contributed by atoms with Crippen molar-refractivity contribution in [2.24, 2.45) is 0 Å². The molecule has 0 amide bonds. The Morgan fingerprint density at radius 2 is 2.04 bits per heavy atom. The van der Waals surface area contributed by atoms with E-state index in [1.165, 1.54) is 7.11 Å². The van der Waals surface area contributed by atoms with Crippen molar-refractivity contribution in [2.75, 3.05) is 18.7 Å². The molecule has 2 atom stereocenters. The molecule has 0 saturated heterocycles. The molecule has 4 nitrogen and oxygen atoms in total. The molecule has 25 heavy (non-hydrogen) atoms. The van der Waals surface area contributed by atoms with Crippen molar-refractivity contribution in [3.8, 4) is 11.5 Å². The zero-order valence-electron chi connectivity index (χ0n) is 14.7. The lowest BCUT2D eigenvalue weighted by Gasteiger charge is -2.17. The molecule has 0 unspecified atom stereocenters. The van der Waals surface area contributed by atoms with E-state index in [0.717, 1.165) is 29.7 Å². The molecule has 0 saturated carbocycles. The van der Waals surface area contributed by atoms with Crippen LogP contribution in [0.4, 0.5) is 5.69 Å². The predicted molar refractivity (Wildman–Crippen MR) is 105 cm³/mol. The third kappa shape index (κ3) is 5.94. The fourth-order valence-corrected chi connectivity index (χ4v) is 3.57. The molecule has 0 radical (unpaired) electrons. The largest absolute Gasteiger partial charge is 0.504 e. The lowest BCUT2D eigenvalue weighted by atomic mass is 10.1. The summed E-state index contributed by atoms with van der Waals surface area (Å²) in [6.45, 7) is 2.11. The molecule has 0 aliphatic heterocycles. The topological polar surface area (TPSA) is 58.6 Å². The van der Waals surface area contributed by atoms with Gasteiger partial charge in [0.05, 0.1) is 7.11 Å². The van der Waals surface area contributed by atoms with Crippen molar-refractivity contribution in [3.63, 3.8) is 0 Å². The van der Waals surface area contributed by atoms with E-state index >= 15 is 0 Å². The number of nitrogens with one attached hydrogen (secondary N) is 1. The number of halogens is 1. The van der Waals surface area contributed by atoms with Crippen molar-refractivity contribution in [2.45, 2.75) is 31.6 Å². The van der Waals surface area contributed by atoms with Crippen LogP contribution in [0, 0.1) is 0 Å². The summed E-state index contributed by atoms with van der Waals surface area (Å²) in [5.74, 6) is 1.10. The molecule has 136 valence electrons. The smallest absolute Gasteiger partial charge is 0.160 e. The van der Waals surface area contributed by atoms with Gasteiger partial charge in [0.15, 0.2) is 11.5 Å². The quantitative estimate of drug-likeness (QED) is 0.713. The first kappa shape index (κ1) is 19.6. The number of phenolic OH excluding ortho intramolecular Hbond substituents is 1. The molecule has 0 aliphatic carbocycles. The Labute approximate surface area is 156 Å². The molecular weight excluding hydrogens is 358 g/mol. The van der Waals surface area contributed by atoms with Crippen LogP contribution in [0.2, 0.25) is 5.02 Å². The van der Waals surface area contributed by atoms with Gasteiger partial charge in [0.25, 0.3) is 0 Å². The lowest BCUT2D eigenvalue weighted by molar-refractivity contribution is 0.373. The van der Waals surface area contributed by atoms with E-state index in [4.69, 9.17) is 16.3 Å². The van der Waals surface area contributed by atoms with Crippen LogP contribution in [-0.4, -0.2) is 28.7 Å². The summed E-state index contributed by atoms with van der Waals surface area (Å²) in [5.41, 5.74) is 2.92. The van der Waals surface area contributed by atoms with Crippen molar-refractivity contribution >= 4 is 28.1 Å². The van der Waals surface area contributed by atoms with Crippen molar-refractivity contribution in [3.05, 3.63) is 52.5 Å². The highest BCUT2D eigenvalue weighted by atomic mass is 35.5. The number of aromatic hydroxyl groups is 1. The van der Waals surface area contributed by atoms with Gasteiger partial charge >= 0.3 is 0 Å². The summed E-state index contributed by atoms with van der Waals surface area (Å²) >= 11 is 6.16. The second-order valence-corrected chi connectivity index (χ2v) is 7.96. The zero-order chi connectivity index (χ0) is 18.4. The van der Waals surface area contributed by atoms with Gasteiger partial charge in [-0.25, -0.2) is 0 Å². The molecule has 0 spiro atoms. The van der Waals surface area contributed by atoms with E-state index in [2.05, 4.69) is 12.2 Å². The second kappa shape index (κ2) is 9.11. The highest BCUT2D eigenvalue weighted by Gasteiger charge is 2.08. The van der Waals surface area contributed by atoms with Gasteiger partial charge in [-0.05, 0) is 61.2 Å². The van der Waals surface area contributed by atoms with Crippen LogP contribution in [0.3, 0.4) is 0 Å². The van der Waals surface area contributed by atoms with Crippen molar-refractivity contribution in [1.82, 2.24) is 0 Å². The summed E-state index contributed by atoms with van der Waals surface area (Å²) in [7, 11) is 0.610. The highest BCUT2D eigenvalue weighted by Crippen LogP contribution is 2.27. The van der Waals surface area contributed by atoms with Crippen LogP contribution in [0.5, 0.6) is 11.5 Å². The molecule has 2 aromatic rings. The van der Waals surface area contributed by atoms with Gasteiger partial charge in [0, 0.05) is 39.6 Å². The number of aryl methyl sites for hydroxylation is 1. The summed E-state index contributed by atoms with van der Waals surface area (Å²) in [6, 6.07) is 11.4. The van der Waals surface area contributed by atoms with E-state index in [1.54, 1.807) is 18.4 Å². The number of ether oxygens (including phenoxy) is 1. The van der Waals surface area contributed by atoms with Gasteiger partial charge in [-0.15, -0.1) is 0 Å². The van der Waals surface area contributed by atoms with Crippen LogP contribution in [0.25, 0.3) is 0 Å². The first-order chi connectivity index (χ1) is 11.9. The molecule has 2 rings (SSSR count). The number of methoxy groups -OCH3 is 1. The molecular formula is C19H24ClNO3S. The highest BCUT2D eigenvalue weighted by molar-refractivity contribution is 7.83. The predicted octanol–water partition coefficient (Wildman–Crippen LogP) is 4.37. The maximum Gasteiger partial charge on any atom is 0.160 e. The van der Waals surface area contributed by atoms with E-state index in [-0.39, 0.29) is 11.8 Å². The number of hydrogen-bond acceptors (Lipinski definition) is 4. The van der Waals surface area contributed by atoms with Gasteiger partial charge in [-0.2, -0.15) is 0 Å². The zero-order valence-corrected chi connectivity index (χ0v) is 16.3. The molecule has 6 heteroatoms. The van der Waals surface area contributed by atoms with Crippen LogP contribution in [-0.2, 0) is 23.0 Å². The first-order valence-electron chi connectivity index (χ1n) is 8.10. The molecule has 2 N–H and O–H groups in total. The Morgan fingerprint density at radius 1 is 1.28 bits per heavy atom. The Bertz CT molecular complexity index is 751. The van der Waals surface area contributed by atoms with E-state index < -0.39 is 10.8 Å². The summed E-state index contributed by atoms with van der Waals surface area (Å²) in [5, 5.41) is 13.9. The lowest BCUT2D eigenvalue weighted by Crippen LogP contribution is -2.16. The monoisotopic (exact) mass is 381 g/mol. The average Bonchev–Trinajstić information content (AvgIpc) is 2.56. The number of benzene rings is 2. The summed E-state index contributed by atoms with van der Waals surface area (Å²) in [6.07, 6.45) is 3.41. The minimum Gasteiger partial charge on any atom is -0.504 e. The Balaban J connectivity index is 1.95. The Hall–Kier alpha value is -1.72. The van der Waals surface area contributed by atoms with Crippen molar-refractivity contribution < 1.29 is 14.1 Å². The SMILES string of the molecule is COc1ccc(CC[C@H](C)Nc2ccc(Cl)c(C[S@@](C)=O)c2)cc1O. The van der Waals surface area contributed by atoms with E-state index in [0.29, 0.717) is 16.5 Å². The van der Waals surface area contributed by atoms with Crippen LogP contribution in [0.15, 0.2) is 36.4 Å². The van der Waals surface area contributed by atoms with E-state index in [9.17, 15) is 9.32 Å². The number of phenols is 1. The third-order valence-electron chi connectivity index (χ3n) is 3.93. The molecule has 0 aromatic heterocycles. The maximum absolute atomic E-state index is 11.4. The van der Waals surface area contributed by atoms with Gasteiger partial charge in [0.1, 0.15) is 0 Å². The van der Waals surface area contributed by atoms with Gasteiger partial charge in [-0.3, -0.25) is 4.21 Å². The summed E-state index contributed by atoms with van der Waals surface area (Å²) in [4.78, 5) is 0. The average molecular weight is 382 g/mol. The third-order valence-corrected chi connectivity index (χ3v) is 5.01. The van der Waals surface area contributed by atoms with Crippen LogP contribution >= 0.6 is 11.6 Å². The Kier molecular flexibility index (Phi) is 7.14. The Morgan fingerprint density at radius 3 is 2.68 bits per heavy atom. The molecule has 0 aliphatic rings.